The Balaban J connectivity index is 1.56. The number of benzene rings is 2. The van der Waals surface area contributed by atoms with Crippen molar-refractivity contribution in [3.63, 3.8) is 0 Å². The fraction of sp³-hybridized carbons (Fsp3) is 0.320. The first-order valence-corrected chi connectivity index (χ1v) is 13.5. The van der Waals surface area contributed by atoms with Gasteiger partial charge in [0.15, 0.2) is 0 Å². The van der Waals surface area contributed by atoms with E-state index in [4.69, 9.17) is 21.1 Å². The third kappa shape index (κ3) is 7.45. The summed E-state index contributed by atoms with van der Waals surface area (Å²) >= 11 is 5.91. The zero-order valence-electron chi connectivity index (χ0n) is 20.2. The number of rotatable bonds is 10. The molecule has 0 aliphatic carbocycles. The Morgan fingerprint density at radius 3 is 2.78 bits per heavy atom. The van der Waals surface area contributed by atoms with E-state index in [0.717, 1.165) is 13.1 Å². The lowest BCUT2D eigenvalue weighted by atomic mass is 10.1. The Morgan fingerprint density at radius 2 is 2.03 bits per heavy atom. The molecule has 1 aliphatic heterocycles. The lowest BCUT2D eigenvalue weighted by Gasteiger charge is -2.24. The fourth-order valence-corrected chi connectivity index (χ4v) is 5.00. The molecule has 0 atom stereocenters. The van der Waals surface area contributed by atoms with Crippen molar-refractivity contribution in [2.45, 2.75) is 0 Å². The molecule has 2 N–H and O–H groups in total. The summed E-state index contributed by atoms with van der Waals surface area (Å²) in [5, 5.41) is 6.59. The van der Waals surface area contributed by atoms with E-state index in [2.05, 4.69) is 25.5 Å². The zero-order chi connectivity index (χ0) is 26.2. The molecule has 37 heavy (non-hydrogen) atoms. The second-order valence-corrected chi connectivity index (χ2v) is 10.3. The highest BCUT2D eigenvalue weighted by molar-refractivity contribution is 7.85. The van der Waals surface area contributed by atoms with Crippen molar-refractivity contribution in [1.29, 1.82) is 0 Å². The topological polar surface area (TPSA) is 106 Å². The second kappa shape index (κ2) is 12.9. The van der Waals surface area contributed by atoms with Gasteiger partial charge in [0.2, 0.25) is 5.91 Å². The number of hydrogen-bond donors (Lipinski definition) is 2. The predicted octanol–water partition coefficient (Wildman–Crippen LogP) is 3.75. The first-order chi connectivity index (χ1) is 17.9. The summed E-state index contributed by atoms with van der Waals surface area (Å²) in [4.78, 5) is 23.5. The molecular formula is C25H27ClFN5O4S. The first kappa shape index (κ1) is 26.9. The standard InChI is InChI=1S/C25H27ClFN5O4S/c1-35-9-10-36-23-15-21-18(25(29-16-28-21)30-17-4-5-20(27)19(26)13-17)14-22(23)31-24(33)3-2-6-32-7-11-37(34)12-8-32/h2-5,13-16H,6-12H2,1H3,(H,31,33)(H,28,29,30). The lowest BCUT2D eigenvalue weighted by Crippen LogP contribution is -2.37. The van der Waals surface area contributed by atoms with Crippen LogP contribution in [0.4, 0.5) is 21.6 Å². The van der Waals surface area contributed by atoms with Crippen LogP contribution in [0.5, 0.6) is 5.75 Å². The van der Waals surface area contributed by atoms with E-state index in [9.17, 15) is 13.4 Å². The van der Waals surface area contributed by atoms with E-state index in [1.165, 1.54) is 24.5 Å². The summed E-state index contributed by atoms with van der Waals surface area (Å²) in [6.45, 7) is 2.74. The van der Waals surface area contributed by atoms with Gasteiger partial charge in [0.25, 0.3) is 0 Å². The van der Waals surface area contributed by atoms with Gasteiger partial charge in [-0.1, -0.05) is 17.7 Å². The van der Waals surface area contributed by atoms with E-state index in [1.54, 1.807) is 31.4 Å². The van der Waals surface area contributed by atoms with Gasteiger partial charge in [0, 0.05) is 72.3 Å². The molecule has 1 aliphatic rings. The summed E-state index contributed by atoms with van der Waals surface area (Å²) in [7, 11) is 0.830. The number of fused-ring (bicyclic) bond motifs is 1. The number of amides is 1. The highest BCUT2D eigenvalue weighted by atomic mass is 35.5. The maximum Gasteiger partial charge on any atom is 0.248 e. The molecule has 3 aromatic rings. The van der Waals surface area contributed by atoms with Crippen molar-refractivity contribution in [1.82, 2.24) is 14.9 Å². The Kier molecular flexibility index (Phi) is 9.40. The molecule has 1 aromatic heterocycles. The van der Waals surface area contributed by atoms with Crippen LogP contribution in [-0.4, -0.2) is 76.4 Å². The van der Waals surface area contributed by atoms with Crippen LogP contribution >= 0.6 is 11.6 Å². The molecule has 0 bridgehead atoms. The average Bonchev–Trinajstić information content (AvgIpc) is 2.88. The van der Waals surface area contributed by atoms with Gasteiger partial charge in [-0.3, -0.25) is 13.9 Å². The van der Waals surface area contributed by atoms with Gasteiger partial charge >= 0.3 is 0 Å². The maximum absolute atomic E-state index is 13.6. The monoisotopic (exact) mass is 547 g/mol. The molecule has 4 rings (SSSR count). The number of anilines is 3. The van der Waals surface area contributed by atoms with Gasteiger partial charge in [-0.2, -0.15) is 0 Å². The van der Waals surface area contributed by atoms with Crippen LogP contribution in [0.3, 0.4) is 0 Å². The summed E-state index contributed by atoms with van der Waals surface area (Å²) in [5.74, 6) is 1.34. The van der Waals surface area contributed by atoms with Crippen molar-refractivity contribution in [2.75, 3.05) is 62.1 Å². The summed E-state index contributed by atoms with van der Waals surface area (Å²) in [6, 6.07) is 7.70. The first-order valence-electron chi connectivity index (χ1n) is 11.6. The van der Waals surface area contributed by atoms with Crippen LogP contribution in [0.15, 0.2) is 48.8 Å². The molecule has 12 heteroatoms. The number of aromatic nitrogens is 2. The summed E-state index contributed by atoms with van der Waals surface area (Å²) in [6.07, 6.45) is 4.65. The normalized spacial score (nSPS) is 14.8. The zero-order valence-corrected chi connectivity index (χ0v) is 21.8. The second-order valence-electron chi connectivity index (χ2n) is 8.22. The number of methoxy groups -OCH3 is 1. The van der Waals surface area contributed by atoms with Gasteiger partial charge in [-0.25, -0.2) is 14.4 Å². The minimum atomic E-state index is -0.744. The molecule has 1 amide bonds. The van der Waals surface area contributed by atoms with Crippen LogP contribution in [-0.2, 0) is 20.3 Å². The summed E-state index contributed by atoms with van der Waals surface area (Å²) in [5.41, 5.74) is 1.55. The van der Waals surface area contributed by atoms with E-state index in [0.29, 0.717) is 58.5 Å². The Labute approximate surface area is 221 Å². The molecule has 196 valence electrons. The summed E-state index contributed by atoms with van der Waals surface area (Å²) < 4.78 is 36.0. The third-order valence-corrected chi connectivity index (χ3v) is 7.19. The van der Waals surface area contributed by atoms with Crippen molar-refractivity contribution >= 4 is 56.4 Å². The maximum atomic E-state index is 13.6. The van der Waals surface area contributed by atoms with Gasteiger partial charge in [0.1, 0.15) is 30.3 Å². The number of carbonyl (C=O) groups excluding carboxylic acids is 1. The molecule has 1 saturated heterocycles. The van der Waals surface area contributed by atoms with Crippen LogP contribution in [0.1, 0.15) is 0 Å². The number of carbonyl (C=O) groups is 1. The third-order valence-electron chi connectivity index (χ3n) is 5.63. The van der Waals surface area contributed by atoms with Crippen molar-refractivity contribution in [3.05, 3.63) is 59.7 Å². The van der Waals surface area contributed by atoms with Gasteiger partial charge in [-0.05, 0) is 24.3 Å². The van der Waals surface area contributed by atoms with Crippen molar-refractivity contribution in [3.8, 4) is 5.75 Å². The highest BCUT2D eigenvalue weighted by Crippen LogP contribution is 2.34. The van der Waals surface area contributed by atoms with Crippen molar-refractivity contribution in [2.24, 2.45) is 0 Å². The largest absolute Gasteiger partial charge is 0.489 e. The molecule has 0 unspecified atom stereocenters. The highest BCUT2D eigenvalue weighted by Gasteiger charge is 2.15. The van der Waals surface area contributed by atoms with Gasteiger partial charge in [0.05, 0.1) is 22.8 Å². The van der Waals surface area contributed by atoms with E-state index >= 15 is 0 Å². The molecule has 2 aromatic carbocycles. The lowest BCUT2D eigenvalue weighted by molar-refractivity contribution is -0.111. The minimum Gasteiger partial charge on any atom is -0.489 e. The van der Waals surface area contributed by atoms with Crippen LogP contribution in [0.2, 0.25) is 5.02 Å². The minimum absolute atomic E-state index is 0.0188. The molecule has 0 saturated carbocycles. The number of halogens is 2. The molecule has 2 heterocycles. The molecular weight excluding hydrogens is 521 g/mol. The number of hydrogen-bond acceptors (Lipinski definition) is 8. The van der Waals surface area contributed by atoms with E-state index in [-0.39, 0.29) is 17.5 Å². The Morgan fingerprint density at radius 1 is 1.22 bits per heavy atom. The van der Waals surface area contributed by atoms with Crippen LogP contribution < -0.4 is 15.4 Å². The number of ether oxygens (including phenoxy) is 2. The Bertz CT molecular complexity index is 1320. The van der Waals surface area contributed by atoms with Gasteiger partial charge in [-0.15, -0.1) is 0 Å². The predicted molar refractivity (Wildman–Crippen MR) is 144 cm³/mol. The van der Waals surface area contributed by atoms with E-state index in [1.807, 2.05) is 0 Å². The van der Waals surface area contributed by atoms with Crippen LogP contribution in [0, 0.1) is 5.82 Å². The quantitative estimate of drug-likeness (QED) is 0.292. The molecule has 9 nitrogen and oxygen atoms in total. The molecule has 0 radical (unpaired) electrons. The number of nitrogens with one attached hydrogen (secondary N) is 2. The average molecular weight is 548 g/mol. The fourth-order valence-electron chi connectivity index (χ4n) is 3.69. The molecule has 0 spiro atoms. The smallest absolute Gasteiger partial charge is 0.248 e. The van der Waals surface area contributed by atoms with E-state index < -0.39 is 16.6 Å². The number of nitrogens with zero attached hydrogens (tertiary/aromatic N) is 3. The molecule has 1 fully saturated rings. The Hall–Kier alpha value is -3.12. The van der Waals surface area contributed by atoms with Crippen LogP contribution in [0.25, 0.3) is 10.9 Å². The van der Waals surface area contributed by atoms with Crippen molar-refractivity contribution < 1.29 is 22.9 Å². The SMILES string of the molecule is COCCOc1cc2ncnc(Nc3ccc(F)c(Cl)c3)c2cc1NC(=O)C=CCN1CCS(=O)CC1. The van der Waals surface area contributed by atoms with Gasteiger partial charge < -0.3 is 20.1 Å².